The maximum absolute atomic E-state index is 13.2. The van der Waals surface area contributed by atoms with E-state index in [0.717, 1.165) is 23.6 Å². The van der Waals surface area contributed by atoms with Gasteiger partial charge in [-0.2, -0.15) is 13.2 Å². The van der Waals surface area contributed by atoms with E-state index in [0.29, 0.717) is 51.6 Å². The van der Waals surface area contributed by atoms with Gasteiger partial charge in [0.25, 0.3) is 0 Å². The zero-order valence-electron chi connectivity index (χ0n) is 20.4. The molecule has 1 aromatic carbocycles. The Morgan fingerprint density at radius 2 is 1.66 bits per heavy atom. The average molecular weight is 515 g/mol. The number of piperazine rings is 1. The molecular weight excluding hydrogens is 481 g/mol. The number of benzene rings is 1. The molecule has 3 aliphatic rings. The molecule has 3 fully saturated rings. The van der Waals surface area contributed by atoms with Gasteiger partial charge in [0, 0.05) is 56.8 Å². The lowest BCUT2D eigenvalue weighted by Crippen LogP contribution is -2.51. The average Bonchev–Trinajstić information content (AvgIpc) is 3.48. The van der Waals surface area contributed by atoms with Crippen LogP contribution in [0, 0.1) is 0 Å². The molecule has 0 unspecified atom stereocenters. The molecule has 3 aliphatic heterocycles. The highest BCUT2D eigenvalue weighted by molar-refractivity contribution is 7.99. The highest BCUT2D eigenvalue weighted by Gasteiger charge is 2.45. The van der Waals surface area contributed by atoms with Gasteiger partial charge in [0.1, 0.15) is 11.6 Å². The summed E-state index contributed by atoms with van der Waals surface area (Å²) in [5.74, 6) is 1.53. The fourth-order valence-electron chi connectivity index (χ4n) is 4.84. The van der Waals surface area contributed by atoms with E-state index in [9.17, 15) is 22.8 Å². The molecule has 7 nitrogen and oxygen atoms in total. The fourth-order valence-corrected chi connectivity index (χ4v) is 5.80. The molecule has 11 heteroatoms. The first kappa shape index (κ1) is 25.9. The molecule has 1 aromatic rings. The van der Waals surface area contributed by atoms with Crippen LogP contribution >= 0.6 is 11.8 Å². The van der Waals surface area contributed by atoms with Crippen LogP contribution in [0.25, 0.3) is 0 Å². The number of thioether (sulfide) groups is 1. The molecule has 0 aliphatic carbocycles. The molecule has 0 spiro atoms. The molecule has 3 saturated heterocycles. The third-order valence-electron chi connectivity index (χ3n) is 6.65. The van der Waals surface area contributed by atoms with E-state index in [4.69, 9.17) is 4.74 Å². The molecule has 2 atom stereocenters. The number of carbonyl (C=O) groups is 2. The second kappa shape index (κ2) is 10.1. The zero-order valence-corrected chi connectivity index (χ0v) is 21.2. The van der Waals surface area contributed by atoms with E-state index in [1.54, 1.807) is 16.7 Å². The number of hydrogen-bond donors (Lipinski definition) is 0. The van der Waals surface area contributed by atoms with Crippen LogP contribution in [0.1, 0.15) is 32.8 Å². The van der Waals surface area contributed by atoms with E-state index >= 15 is 0 Å². The summed E-state index contributed by atoms with van der Waals surface area (Å²) in [5, 5.41) is 0. The summed E-state index contributed by atoms with van der Waals surface area (Å²) in [5.41, 5.74) is -0.543. The van der Waals surface area contributed by atoms with Crippen molar-refractivity contribution in [2.45, 2.75) is 51.1 Å². The number of rotatable bonds is 3. The lowest BCUT2D eigenvalue weighted by Gasteiger charge is -2.39. The molecule has 4 rings (SSSR count). The van der Waals surface area contributed by atoms with E-state index in [-0.39, 0.29) is 11.9 Å². The maximum Gasteiger partial charge on any atom is 0.416 e. The number of likely N-dealkylation sites (tertiary alicyclic amines) is 1. The predicted octanol–water partition coefficient (Wildman–Crippen LogP) is 3.74. The first-order valence-electron chi connectivity index (χ1n) is 11.9. The summed E-state index contributed by atoms with van der Waals surface area (Å²) in [6.07, 6.45) is -4.25. The van der Waals surface area contributed by atoms with Gasteiger partial charge in [-0.25, -0.2) is 4.79 Å². The van der Waals surface area contributed by atoms with Gasteiger partial charge in [-0.05, 0) is 51.5 Å². The minimum atomic E-state index is -4.35. The van der Waals surface area contributed by atoms with Crippen LogP contribution in [-0.4, -0.2) is 95.3 Å². The predicted molar refractivity (Wildman–Crippen MR) is 129 cm³/mol. The number of halogens is 3. The van der Waals surface area contributed by atoms with Crippen molar-refractivity contribution in [1.29, 1.82) is 0 Å². The molecule has 0 aromatic heterocycles. The van der Waals surface area contributed by atoms with Gasteiger partial charge >= 0.3 is 12.3 Å². The number of hydrogen-bond acceptors (Lipinski definition) is 6. The molecule has 0 bridgehead atoms. The largest absolute Gasteiger partial charge is 0.444 e. The Balaban J connectivity index is 1.40. The number of nitrogens with zero attached hydrogens (tertiary/aromatic N) is 4. The molecule has 0 saturated carbocycles. The highest BCUT2D eigenvalue weighted by atomic mass is 32.2. The van der Waals surface area contributed by atoms with Crippen molar-refractivity contribution in [3.8, 4) is 0 Å². The van der Waals surface area contributed by atoms with Crippen LogP contribution in [-0.2, 0) is 15.7 Å². The van der Waals surface area contributed by atoms with Crippen LogP contribution in [0.5, 0.6) is 0 Å². The first-order chi connectivity index (χ1) is 16.4. The molecule has 2 amide bonds. The normalized spacial score (nSPS) is 24.2. The van der Waals surface area contributed by atoms with Crippen LogP contribution < -0.4 is 4.90 Å². The third kappa shape index (κ3) is 6.17. The second-order valence-electron chi connectivity index (χ2n) is 10.2. The molecule has 0 N–H and O–H groups in total. The van der Waals surface area contributed by atoms with E-state index in [1.807, 2.05) is 25.7 Å². The summed E-state index contributed by atoms with van der Waals surface area (Å²) in [4.78, 5) is 34.0. The SMILES string of the molecule is CC(C)(C)OC(=O)N1C[C@@H](N2CCN(c3ccc(C(F)(F)F)cc3)CC2)C[C@H]1C(=O)N1CCSC1. The lowest BCUT2D eigenvalue weighted by molar-refractivity contribution is -0.137. The summed E-state index contributed by atoms with van der Waals surface area (Å²) in [6, 6.07) is 4.75. The fraction of sp³-hybridized carbons (Fsp3) is 0.667. The summed E-state index contributed by atoms with van der Waals surface area (Å²) < 4.78 is 44.2. The van der Waals surface area contributed by atoms with Crippen molar-refractivity contribution in [2.24, 2.45) is 0 Å². The Labute approximate surface area is 208 Å². The van der Waals surface area contributed by atoms with Crippen molar-refractivity contribution in [2.75, 3.05) is 55.8 Å². The Hall–Kier alpha value is -2.14. The Morgan fingerprint density at radius 3 is 2.20 bits per heavy atom. The van der Waals surface area contributed by atoms with E-state index < -0.39 is 29.5 Å². The van der Waals surface area contributed by atoms with Gasteiger partial charge in [-0.1, -0.05) is 0 Å². The molecule has 3 heterocycles. The number of anilines is 1. The Bertz CT molecular complexity index is 908. The quantitative estimate of drug-likeness (QED) is 0.613. The maximum atomic E-state index is 13.2. The molecule has 194 valence electrons. The van der Waals surface area contributed by atoms with Gasteiger partial charge in [0.05, 0.1) is 11.4 Å². The van der Waals surface area contributed by atoms with Crippen molar-refractivity contribution >= 4 is 29.4 Å². The topological polar surface area (TPSA) is 56.3 Å². The third-order valence-corrected chi connectivity index (χ3v) is 7.61. The standard InChI is InChI=1S/C24H33F3N4O3S/c1-23(2,3)34-22(33)31-15-19(14-20(31)21(32)30-12-13-35-16-30)29-10-8-28(9-11-29)18-6-4-17(5-7-18)24(25,26)27/h4-7,19-20H,8-16H2,1-3H3/t19-,20-/m0/s1. The van der Waals surface area contributed by atoms with Crippen molar-refractivity contribution < 1.29 is 27.5 Å². The molecule has 0 radical (unpaired) electrons. The van der Waals surface area contributed by atoms with Gasteiger partial charge in [0.2, 0.25) is 5.91 Å². The monoisotopic (exact) mass is 514 g/mol. The Morgan fingerprint density at radius 1 is 1.00 bits per heavy atom. The second-order valence-corrected chi connectivity index (χ2v) is 11.3. The minimum absolute atomic E-state index is 0.0215. The van der Waals surface area contributed by atoms with Crippen molar-refractivity contribution in [1.82, 2.24) is 14.7 Å². The van der Waals surface area contributed by atoms with Gasteiger partial charge in [-0.15, -0.1) is 11.8 Å². The van der Waals surface area contributed by atoms with Gasteiger partial charge in [-0.3, -0.25) is 14.6 Å². The van der Waals surface area contributed by atoms with Crippen LogP contribution in [0.3, 0.4) is 0 Å². The summed E-state index contributed by atoms with van der Waals surface area (Å²) in [6.45, 7) is 9.28. The minimum Gasteiger partial charge on any atom is -0.444 e. The molecule has 35 heavy (non-hydrogen) atoms. The van der Waals surface area contributed by atoms with Crippen LogP contribution in [0.15, 0.2) is 24.3 Å². The summed E-state index contributed by atoms with van der Waals surface area (Å²) >= 11 is 1.71. The lowest BCUT2D eigenvalue weighted by atomic mass is 10.1. The molecular formula is C24H33F3N4O3S. The first-order valence-corrected chi connectivity index (χ1v) is 13.1. The van der Waals surface area contributed by atoms with Crippen molar-refractivity contribution in [3.05, 3.63) is 29.8 Å². The van der Waals surface area contributed by atoms with Crippen LogP contribution in [0.2, 0.25) is 0 Å². The van der Waals surface area contributed by atoms with Crippen LogP contribution in [0.4, 0.5) is 23.7 Å². The highest BCUT2D eigenvalue weighted by Crippen LogP contribution is 2.32. The number of alkyl halides is 3. The zero-order chi connectivity index (χ0) is 25.4. The van der Waals surface area contributed by atoms with E-state index in [2.05, 4.69) is 9.80 Å². The summed E-state index contributed by atoms with van der Waals surface area (Å²) in [7, 11) is 0. The number of ether oxygens (including phenoxy) is 1. The van der Waals surface area contributed by atoms with Gasteiger partial charge < -0.3 is 14.5 Å². The van der Waals surface area contributed by atoms with Crippen molar-refractivity contribution in [3.63, 3.8) is 0 Å². The van der Waals surface area contributed by atoms with E-state index in [1.165, 1.54) is 12.1 Å². The number of amides is 2. The number of carbonyl (C=O) groups excluding carboxylic acids is 2. The smallest absolute Gasteiger partial charge is 0.416 e. The Kier molecular flexibility index (Phi) is 7.47. The van der Waals surface area contributed by atoms with Gasteiger partial charge in [0.15, 0.2) is 0 Å².